The van der Waals surface area contributed by atoms with Crippen LogP contribution in [0, 0.1) is 0 Å². The van der Waals surface area contributed by atoms with Crippen molar-refractivity contribution in [2.24, 2.45) is 0 Å². The van der Waals surface area contributed by atoms with Crippen LogP contribution in [-0.4, -0.2) is 53.8 Å². The van der Waals surface area contributed by atoms with E-state index in [2.05, 4.69) is 14.7 Å². The van der Waals surface area contributed by atoms with E-state index in [4.69, 9.17) is 14.2 Å². The molecule has 4 rings (SSSR count). The third-order valence-corrected chi connectivity index (χ3v) is 5.34. The highest BCUT2D eigenvalue weighted by atomic mass is 32.1. The second-order valence-electron chi connectivity index (χ2n) is 6.44. The van der Waals surface area contributed by atoms with Crippen molar-refractivity contribution in [2.75, 3.05) is 38.8 Å². The molecule has 9 heteroatoms. The van der Waals surface area contributed by atoms with Crippen LogP contribution in [0.4, 0.5) is 9.93 Å². The fraction of sp³-hybridized carbons (Fsp3) is 0.500. The van der Waals surface area contributed by atoms with E-state index in [1.54, 1.807) is 7.11 Å². The van der Waals surface area contributed by atoms with Crippen LogP contribution in [0.5, 0.6) is 11.5 Å². The summed E-state index contributed by atoms with van der Waals surface area (Å²) in [6.45, 7) is 2.38. The number of nitrogens with one attached hydrogen (secondary N) is 1. The van der Waals surface area contributed by atoms with Gasteiger partial charge in [0.1, 0.15) is 19.0 Å². The number of likely N-dealkylation sites (tertiary alicyclic amines) is 1. The second-order valence-corrected chi connectivity index (χ2v) is 7.20. The number of carbonyl (C=O) groups is 1. The first kappa shape index (κ1) is 18.0. The Morgan fingerprint density at radius 2 is 2.22 bits per heavy atom. The molecule has 0 spiro atoms. The number of anilines is 1. The number of amides is 2. The normalized spacial score (nSPS) is 18.6. The number of hydrogen-bond acceptors (Lipinski definition) is 7. The minimum atomic E-state index is -0.151. The molecule has 1 fully saturated rings. The molecule has 3 heterocycles. The summed E-state index contributed by atoms with van der Waals surface area (Å²) in [6, 6.07) is 5.78. The SMILES string of the molecule is COCCc1nsc(NC(=O)N2CCC[C@H]2c2ccc3c(c2)OCCO3)n1. The number of fused-ring (bicyclic) bond motifs is 1. The third kappa shape index (κ3) is 3.98. The Morgan fingerprint density at radius 1 is 1.37 bits per heavy atom. The van der Waals surface area contributed by atoms with E-state index in [9.17, 15) is 4.79 Å². The number of aromatic nitrogens is 2. The quantitative estimate of drug-likeness (QED) is 0.845. The van der Waals surface area contributed by atoms with Gasteiger partial charge in [-0.15, -0.1) is 0 Å². The van der Waals surface area contributed by atoms with Crippen molar-refractivity contribution in [3.8, 4) is 11.5 Å². The van der Waals surface area contributed by atoms with E-state index in [-0.39, 0.29) is 12.1 Å². The number of rotatable bonds is 5. The monoisotopic (exact) mass is 390 g/mol. The summed E-state index contributed by atoms with van der Waals surface area (Å²) in [7, 11) is 1.64. The van der Waals surface area contributed by atoms with Crippen LogP contribution < -0.4 is 14.8 Å². The lowest BCUT2D eigenvalue weighted by molar-refractivity contribution is 0.170. The third-order valence-electron chi connectivity index (χ3n) is 4.68. The van der Waals surface area contributed by atoms with Crippen molar-refractivity contribution in [3.05, 3.63) is 29.6 Å². The van der Waals surface area contributed by atoms with Gasteiger partial charge in [0, 0.05) is 31.6 Å². The van der Waals surface area contributed by atoms with Crippen molar-refractivity contribution < 1.29 is 19.0 Å². The average Bonchev–Trinajstić information content (AvgIpc) is 3.35. The molecule has 1 aromatic carbocycles. The maximum Gasteiger partial charge on any atom is 0.324 e. The van der Waals surface area contributed by atoms with Crippen LogP contribution in [0.3, 0.4) is 0 Å². The van der Waals surface area contributed by atoms with Crippen LogP contribution in [0.15, 0.2) is 18.2 Å². The van der Waals surface area contributed by atoms with Gasteiger partial charge < -0.3 is 19.1 Å². The van der Waals surface area contributed by atoms with Gasteiger partial charge in [-0.3, -0.25) is 5.32 Å². The zero-order chi connectivity index (χ0) is 18.6. The highest BCUT2D eigenvalue weighted by Gasteiger charge is 2.31. The van der Waals surface area contributed by atoms with Gasteiger partial charge in [0.25, 0.3) is 0 Å². The number of ether oxygens (including phenoxy) is 3. The zero-order valence-corrected chi connectivity index (χ0v) is 16.0. The van der Waals surface area contributed by atoms with Crippen molar-refractivity contribution in [1.29, 1.82) is 0 Å². The molecule has 1 saturated heterocycles. The minimum Gasteiger partial charge on any atom is -0.486 e. The molecule has 1 N–H and O–H groups in total. The largest absolute Gasteiger partial charge is 0.486 e. The van der Waals surface area contributed by atoms with Gasteiger partial charge in [-0.1, -0.05) is 6.07 Å². The molecule has 2 aliphatic heterocycles. The van der Waals surface area contributed by atoms with E-state index in [0.29, 0.717) is 43.7 Å². The van der Waals surface area contributed by atoms with Crippen molar-refractivity contribution in [1.82, 2.24) is 14.3 Å². The molecule has 0 bridgehead atoms. The summed E-state index contributed by atoms with van der Waals surface area (Å²) >= 11 is 1.19. The molecule has 0 aliphatic carbocycles. The number of hydrogen-bond donors (Lipinski definition) is 1. The van der Waals surface area contributed by atoms with Gasteiger partial charge in [0.2, 0.25) is 5.13 Å². The van der Waals surface area contributed by atoms with Crippen LogP contribution in [0.25, 0.3) is 0 Å². The molecule has 0 unspecified atom stereocenters. The van der Waals surface area contributed by atoms with E-state index in [1.807, 2.05) is 23.1 Å². The number of urea groups is 1. The molecule has 1 aromatic heterocycles. The van der Waals surface area contributed by atoms with Crippen LogP contribution in [0.2, 0.25) is 0 Å². The minimum absolute atomic E-state index is 0.0155. The number of methoxy groups -OCH3 is 1. The summed E-state index contributed by atoms with van der Waals surface area (Å²) in [5.41, 5.74) is 1.06. The first-order chi connectivity index (χ1) is 13.2. The number of carbonyl (C=O) groups excluding carboxylic acids is 1. The average molecular weight is 390 g/mol. The molecule has 1 atom stereocenters. The smallest absolute Gasteiger partial charge is 0.324 e. The highest BCUT2D eigenvalue weighted by molar-refractivity contribution is 7.09. The Hall–Kier alpha value is -2.39. The summed E-state index contributed by atoms with van der Waals surface area (Å²) in [5, 5.41) is 3.39. The Bertz CT molecular complexity index is 812. The van der Waals surface area contributed by atoms with Crippen LogP contribution in [-0.2, 0) is 11.2 Å². The van der Waals surface area contributed by atoms with Crippen molar-refractivity contribution in [2.45, 2.75) is 25.3 Å². The van der Waals surface area contributed by atoms with Gasteiger partial charge in [-0.25, -0.2) is 9.78 Å². The molecule has 8 nitrogen and oxygen atoms in total. The van der Waals surface area contributed by atoms with Gasteiger partial charge in [0.05, 0.1) is 12.6 Å². The fourth-order valence-electron chi connectivity index (χ4n) is 3.39. The maximum absolute atomic E-state index is 12.8. The molecule has 2 aliphatic rings. The molecule has 27 heavy (non-hydrogen) atoms. The lowest BCUT2D eigenvalue weighted by Gasteiger charge is -2.26. The standard InChI is InChI=1S/C18H22N4O4S/c1-24-8-6-16-19-17(27-21-16)20-18(23)22-7-2-3-13(22)12-4-5-14-15(11-12)26-10-9-25-14/h4-5,11,13H,2-3,6-10H2,1H3,(H,19,20,21,23)/t13-/m0/s1. The zero-order valence-electron chi connectivity index (χ0n) is 15.1. The first-order valence-electron chi connectivity index (χ1n) is 9.03. The second kappa shape index (κ2) is 8.10. The molecular formula is C18H22N4O4S. The Morgan fingerprint density at radius 3 is 3.07 bits per heavy atom. The summed E-state index contributed by atoms with van der Waals surface area (Å²) < 4.78 is 20.5. The van der Waals surface area contributed by atoms with Gasteiger partial charge in [-0.2, -0.15) is 4.37 Å². The summed E-state index contributed by atoms with van der Waals surface area (Å²) in [6.07, 6.45) is 2.51. The Labute approximate surface area is 161 Å². The summed E-state index contributed by atoms with van der Waals surface area (Å²) in [4.78, 5) is 19.0. The van der Waals surface area contributed by atoms with Gasteiger partial charge in [-0.05, 0) is 30.5 Å². The van der Waals surface area contributed by atoms with Gasteiger partial charge >= 0.3 is 6.03 Å². The van der Waals surface area contributed by atoms with Crippen molar-refractivity contribution >= 4 is 22.7 Å². The number of nitrogens with zero attached hydrogens (tertiary/aromatic N) is 3. The topological polar surface area (TPSA) is 85.8 Å². The van der Waals surface area contributed by atoms with E-state index >= 15 is 0 Å². The molecule has 0 saturated carbocycles. The van der Waals surface area contributed by atoms with Crippen LogP contribution in [0.1, 0.15) is 30.3 Å². The predicted octanol–water partition coefficient (Wildman–Crippen LogP) is 2.87. The first-order valence-corrected chi connectivity index (χ1v) is 9.80. The van der Waals surface area contributed by atoms with E-state index in [1.165, 1.54) is 11.5 Å². The Balaban J connectivity index is 1.44. The molecule has 144 valence electrons. The van der Waals surface area contributed by atoms with Crippen LogP contribution >= 0.6 is 11.5 Å². The molecular weight excluding hydrogens is 368 g/mol. The van der Waals surface area contributed by atoms with E-state index in [0.717, 1.165) is 29.9 Å². The number of benzene rings is 1. The molecule has 2 aromatic rings. The van der Waals surface area contributed by atoms with Gasteiger partial charge in [0.15, 0.2) is 11.5 Å². The fourth-order valence-corrected chi connectivity index (χ4v) is 3.99. The highest BCUT2D eigenvalue weighted by Crippen LogP contribution is 2.38. The predicted molar refractivity (Wildman–Crippen MR) is 101 cm³/mol. The maximum atomic E-state index is 12.8. The van der Waals surface area contributed by atoms with E-state index < -0.39 is 0 Å². The Kier molecular flexibility index (Phi) is 5.40. The molecule has 0 radical (unpaired) electrons. The lowest BCUT2D eigenvalue weighted by Crippen LogP contribution is -2.34. The van der Waals surface area contributed by atoms with Crippen molar-refractivity contribution in [3.63, 3.8) is 0 Å². The summed E-state index contributed by atoms with van der Waals surface area (Å²) in [5.74, 6) is 2.19. The lowest BCUT2D eigenvalue weighted by atomic mass is 10.0. The molecule has 2 amide bonds.